The fraction of sp³-hybridized carbons (Fsp3) is 0.600. The lowest BCUT2D eigenvalue weighted by Gasteiger charge is -2.37. The highest BCUT2D eigenvalue weighted by Crippen LogP contribution is 2.60. The summed E-state index contributed by atoms with van der Waals surface area (Å²) >= 11 is 0. The van der Waals surface area contributed by atoms with Crippen LogP contribution in [0.5, 0.6) is 0 Å². The van der Waals surface area contributed by atoms with Crippen molar-refractivity contribution in [3.63, 3.8) is 0 Å². The molecule has 1 aliphatic heterocycles. The van der Waals surface area contributed by atoms with Crippen LogP contribution in [0, 0.1) is 6.92 Å². The minimum Gasteiger partial charge on any atom is -0.790 e. The van der Waals surface area contributed by atoms with Gasteiger partial charge in [-0.1, -0.05) is 0 Å². The lowest BCUT2D eigenvalue weighted by Crippen LogP contribution is -2.38. The van der Waals surface area contributed by atoms with E-state index in [2.05, 4.69) is 13.1 Å². The number of ether oxygens (including phenoxy) is 1. The molecule has 0 aliphatic carbocycles. The zero-order valence-corrected chi connectivity index (χ0v) is 17.3. The van der Waals surface area contributed by atoms with Gasteiger partial charge in [0.2, 0.25) is 0 Å². The highest BCUT2D eigenvalue weighted by atomic mass is 31.3. The van der Waals surface area contributed by atoms with Crippen molar-refractivity contribution in [3.8, 4) is 0 Å². The van der Waals surface area contributed by atoms with E-state index in [1.807, 2.05) is 4.98 Å². The number of aryl methyl sites for hydroxylation is 1. The third kappa shape index (κ3) is 6.48. The van der Waals surface area contributed by atoms with Crippen LogP contribution in [0.4, 0.5) is 0 Å². The van der Waals surface area contributed by atoms with E-state index < -0.39 is 65.9 Å². The summed E-state index contributed by atoms with van der Waals surface area (Å²) in [6, 6.07) is 0. The predicted molar refractivity (Wildman–Crippen MR) is 82.9 cm³/mol. The Morgan fingerprint density at radius 2 is 1.70 bits per heavy atom. The van der Waals surface area contributed by atoms with Crippen LogP contribution in [0.15, 0.2) is 15.8 Å². The van der Waals surface area contributed by atoms with Crippen LogP contribution >= 0.6 is 23.5 Å². The summed E-state index contributed by atoms with van der Waals surface area (Å²) in [4.78, 5) is 68.3. The molecule has 0 bridgehead atoms. The van der Waals surface area contributed by atoms with Crippen molar-refractivity contribution in [2.75, 3.05) is 6.61 Å². The lowest BCUT2D eigenvalue weighted by atomic mass is 10.1. The van der Waals surface area contributed by atoms with Crippen LogP contribution in [-0.4, -0.2) is 44.7 Å². The molecule has 17 nitrogen and oxygen atoms in total. The van der Waals surface area contributed by atoms with Crippen LogP contribution in [0.1, 0.15) is 11.8 Å². The van der Waals surface area contributed by atoms with Crippen LogP contribution in [0.2, 0.25) is 0 Å². The maximum absolute atomic E-state index is 11.9. The molecule has 1 aromatic rings. The highest BCUT2D eigenvalue weighted by molar-refractivity contribution is 7.64. The smallest absolute Gasteiger partial charge is 0.330 e. The standard InChI is InChI=1S/C10H17N2O15P3/c1-4-2-12(10(16)11-8(4)15)9-7(14)6(13)5(25-9)3-24-29(20,21)27-30(22,23)26-28(17,18)19/h2,5-7,9,13-14H,3H2,1H3,(H,20,21)(H,22,23)(H,11,15,16)(H2,17,18,19)/p-4. The van der Waals surface area contributed by atoms with Crippen molar-refractivity contribution in [2.24, 2.45) is 0 Å². The third-order valence-electron chi connectivity index (χ3n) is 3.55. The van der Waals surface area contributed by atoms with Crippen LogP contribution in [0.25, 0.3) is 0 Å². The molecule has 0 spiro atoms. The summed E-state index contributed by atoms with van der Waals surface area (Å²) in [6.07, 6.45) is -5.92. The quantitative estimate of drug-likeness (QED) is 0.286. The van der Waals surface area contributed by atoms with Crippen LogP contribution < -0.4 is 30.8 Å². The summed E-state index contributed by atoms with van der Waals surface area (Å²) in [7, 11) is -18.2. The predicted octanol–water partition coefficient (Wildman–Crippen LogP) is -4.72. The molecule has 2 rings (SSSR count). The van der Waals surface area contributed by atoms with Crippen molar-refractivity contribution in [2.45, 2.75) is 31.5 Å². The average Bonchev–Trinajstić information content (AvgIpc) is 2.81. The first kappa shape index (κ1) is 25.2. The van der Waals surface area contributed by atoms with Gasteiger partial charge in [-0.25, -0.2) is 9.11 Å². The molecule has 1 saturated heterocycles. The summed E-state index contributed by atoms with van der Waals surface area (Å²) in [5, 5.41) is 20.0. The number of nitrogens with zero attached hydrogens (tertiary/aromatic N) is 1. The number of hydrogen-bond acceptors (Lipinski definition) is 15. The first-order valence-corrected chi connectivity index (χ1v) is 11.9. The Morgan fingerprint density at radius 1 is 1.10 bits per heavy atom. The van der Waals surface area contributed by atoms with Gasteiger partial charge in [-0.15, -0.1) is 0 Å². The lowest BCUT2D eigenvalue weighted by molar-refractivity contribution is -0.339. The molecule has 172 valence electrons. The monoisotopic (exact) mass is 494 g/mol. The van der Waals surface area contributed by atoms with Crippen molar-refractivity contribution in [1.29, 1.82) is 0 Å². The fourth-order valence-corrected chi connectivity index (χ4v) is 5.19. The summed E-state index contributed by atoms with van der Waals surface area (Å²) in [5.74, 6) is 0. The van der Waals surface area contributed by atoms with E-state index in [0.717, 1.165) is 6.20 Å². The number of phosphoric ester groups is 1. The molecule has 2 heterocycles. The zero-order chi connectivity index (χ0) is 23.1. The molecule has 1 aromatic heterocycles. The number of aliphatic hydroxyl groups excluding tert-OH is 2. The number of hydrogen-bond donors (Lipinski definition) is 3. The summed E-state index contributed by atoms with van der Waals surface area (Å²) in [6.45, 7) is 0.156. The molecule has 3 N–H and O–H groups in total. The highest BCUT2D eigenvalue weighted by Gasteiger charge is 2.44. The Morgan fingerprint density at radius 3 is 2.27 bits per heavy atom. The van der Waals surface area contributed by atoms with E-state index in [1.54, 1.807) is 0 Å². The fourth-order valence-electron chi connectivity index (χ4n) is 2.32. The number of H-pyrrole nitrogens is 1. The van der Waals surface area contributed by atoms with Crippen molar-refractivity contribution < 1.29 is 61.4 Å². The first-order valence-electron chi connectivity index (χ1n) is 7.56. The van der Waals surface area contributed by atoms with Gasteiger partial charge in [-0.3, -0.25) is 27.8 Å². The third-order valence-corrected chi connectivity index (χ3v) is 7.22. The Balaban J connectivity index is 2.09. The van der Waals surface area contributed by atoms with E-state index in [-0.39, 0.29) is 5.56 Å². The topological polar surface area (TPSA) is 276 Å². The number of rotatable bonds is 8. The van der Waals surface area contributed by atoms with E-state index in [9.17, 15) is 53.1 Å². The Labute approximate surface area is 165 Å². The molecular weight excluding hydrogens is 481 g/mol. The first-order chi connectivity index (χ1) is 13.5. The maximum atomic E-state index is 11.9. The number of aromatic amines is 1. The van der Waals surface area contributed by atoms with Crippen molar-refractivity contribution in [3.05, 3.63) is 32.6 Å². The van der Waals surface area contributed by atoms with E-state index in [1.165, 1.54) is 6.92 Å². The Bertz CT molecular complexity index is 1040. The van der Waals surface area contributed by atoms with Gasteiger partial charge in [0.05, 0.1) is 14.4 Å². The van der Waals surface area contributed by atoms with Gasteiger partial charge in [0.15, 0.2) is 6.23 Å². The maximum Gasteiger partial charge on any atom is 0.330 e. The van der Waals surface area contributed by atoms with Crippen molar-refractivity contribution >= 4 is 23.5 Å². The number of nitrogens with one attached hydrogen (secondary N) is 1. The molecule has 30 heavy (non-hydrogen) atoms. The van der Waals surface area contributed by atoms with Gasteiger partial charge >= 0.3 is 5.69 Å². The summed E-state index contributed by atoms with van der Waals surface area (Å²) < 4.78 is 49.1. The minimum atomic E-state index is -6.17. The number of phosphoric acid groups is 3. The SMILES string of the molecule is Cc1cn(C2OC(COP(=O)([O-])OP(=O)([O-])OP(=O)([O-])[O-])C(O)C2O)c(=O)[nH]c1=O. The molecule has 0 amide bonds. The minimum absolute atomic E-state index is 0.0392. The van der Waals surface area contributed by atoms with Crippen molar-refractivity contribution in [1.82, 2.24) is 9.55 Å². The second-order valence-electron chi connectivity index (χ2n) is 5.83. The van der Waals surface area contributed by atoms with Gasteiger partial charge in [0, 0.05) is 11.8 Å². The normalized spacial score (nSPS) is 28.8. The van der Waals surface area contributed by atoms with Crippen LogP contribution in [-0.2, 0) is 31.6 Å². The van der Waals surface area contributed by atoms with Gasteiger partial charge in [-0.05, 0) is 6.92 Å². The van der Waals surface area contributed by atoms with Gasteiger partial charge in [0.25, 0.3) is 21.2 Å². The zero-order valence-electron chi connectivity index (χ0n) is 14.6. The molecule has 20 heteroatoms. The Hall–Kier alpha value is -1.03. The average molecular weight is 494 g/mol. The number of aromatic nitrogens is 2. The molecule has 1 fully saturated rings. The molecule has 0 radical (unpaired) electrons. The van der Waals surface area contributed by atoms with Gasteiger partial charge in [0.1, 0.15) is 18.3 Å². The van der Waals surface area contributed by atoms with Gasteiger partial charge < -0.3 is 43.6 Å². The molecule has 6 unspecified atom stereocenters. The number of aliphatic hydroxyl groups is 2. The van der Waals surface area contributed by atoms with E-state index in [4.69, 9.17) is 4.74 Å². The van der Waals surface area contributed by atoms with E-state index >= 15 is 0 Å². The largest absolute Gasteiger partial charge is 0.790 e. The molecular formula is C10H13N2O15P3-4. The Kier molecular flexibility index (Phi) is 7.44. The molecule has 6 atom stereocenters. The molecule has 1 aliphatic rings. The second kappa shape index (κ2) is 8.84. The van der Waals surface area contributed by atoms with Crippen LogP contribution in [0.3, 0.4) is 0 Å². The molecule has 0 aromatic carbocycles. The van der Waals surface area contributed by atoms with E-state index in [0.29, 0.717) is 4.57 Å². The summed E-state index contributed by atoms with van der Waals surface area (Å²) in [5.41, 5.74) is -1.71. The second-order valence-corrected chi connectivity index (χ2v) is 10.1. The van der Waals surface area contributed by atoms with Gasteiger partial charge in [-0.2, -0.15) is 0 Å². The molecule has 0 saturated carbocycles.